The lowest BCUT2D eigenvalue weighted by Gasteiger charge is -2.08. The predicted octanol–water partition coefficient (Wildman–Crippen LogP) is 2.27. The summed E-state index contributed by atoms with van der Waals surface area (Å²) in [5, 5.41) is 19.1. The van der Waals surface area contributed by atoms with Crippen molar-refractivity contribution in [2.75, 3.05) is 0 Å². The van der Waals surface area contributed by atoms with Gasteiger partial charge in [0.1, 0.15) is 5.75 Å². The molecule has 5 nitrogen and oxygen atoms in total. The highest BCUT2D eigenvalue weighted by atomic mass is 16.5. The van der Waals surface area contributed by atoms with Crippen LogP contribution in [0.4, 0.5) is 0 Å². The number of rotatable bonds is 4. The van der Waals surface area contributed by atoms with E-state index in [0.717, 1.165) is 5.39 Å². The molecule has 0 unspecified atom stereocenters. The maximum atomic E-state index is 10.9. The Morgan fingerprint density at radius 2 is 1.68 bits per heavy atom. The largest absolute Gasteiger partial charge is 0.478 e. The zero-order chi connectivity index (χ0) is 13.8. The van der Waals surface area contributed by atoms with Crippen molar-refractivity contribution < 1.29 is 24.5 Å². The number of ether oxygens (including phenoxy) is 1. The molecular weight excluding hydrogens is 248 g/mol. The molecule has 0 fully saturated rings. The summed E-state index contributed by atoms with van der Waals surface area (Å²) in [5.41, 5.74) is 0. The monoisotopic (exact) mass is 258 g/mol. The van der Waals surface area contributed by atoms with Crippen LogP contribution in [-0.4, -0.2) is 22.2 Å². The van der Waals surface area contributed by atoms with Crippen molar-refractivity contribution >= 4 is 22.7 Å². The summed E-state index contributed by atoms with van der Waals surface area (Å²) in [4.78, 5) is 21.5. The van der Waals surface area contributed by atoms with Crippen LogP contribution in [-0.2, 0) is 9.59 Å². The first kappa shape index (κ1) is 12.6. The Hall–Kier alpha value is -2.82. The fourth-order valence-corrected chi connectivity index (χ4v) is 1.65. The first-order chi connectivity index (χ1) is 9.08. The van der Waals surface area contributed by atoms with Crippen LogP contribution in [0.25, 0.3) is 10.8 Å². The van der Waals surface area contributed by atoms with E-state index in [1.165, 1.54) is 0 Å². The van der Waals surface area contributed by atoms with Gasteiger partial charge in [-0.25, -0.2) is 9.59 Å². The van der Waals surface area contributed by atoms with Gasteiger partial charge in [0.15, 0.2) is 0 Å². The minimum Gasteiger partial charge on any atom is -0.478 e. The predicted molar refractivity (Wildman–Crippen MR) is 67.9 cm³/mol. The van der Waals surface area contributed by atoms with Gasteiger partial charge in [-0.1, -0.05) is 36.4 Å². The Morgan fingerprint density at radius 3 is 2.37 bits per heavy atom. The third-order valence-corrected chi connectivity index (χ3v) is 2.43. The summed E-state index contributed by atoms with van der Waals surface area (Å²) in [6, 6.07) is 12.4. The Kier molecular flexibility index (Phi) is 3.47. The molecule has 5 heteroatoms. The molecule has 0 heterocycles. The minimum absolute atomic E-state index is 0.299. The number of hydrogen-bond acceptors (Lipinski definition) is 3. The third-order valence-electron chi connectivity index (χ3n) is 2.43. The summed E-state index contributed by atoms with van der Waals surface area (Å²) in [6.07, 6.45) is 0.518. The Morgan fingerprint density at radius 1 is 1.00 bits per heavy atom. The van der Waals surface area contributed by atoms with Gasteiger partial charge in [-0.05, 0) is 11.5 Å². The number of aliphatic carboxylic acids is 2. The number of hydrogen-bond donors (Lipinski definition) is 2. The second kappa shape index (κ2) is 5.22. The van der Waals surface area contributed by atoms with E-state index in [0.29, 0.717) is 17.2 Å². The van der Waals surface area contributed by atoms with E-state index < -0.39 is 17.7 Å². The summed E-state index contributed by atoms with van der Waals surface area (Å²) in [7, 11) is 0. The van der Waals surface area contributed by atoms with E-state index in [4.69, 9.17) is 14.9 Å². The number of benzene rings is 2. The molecule has 2 N–H and O–H groups in total. The smallest absolute Gasteiger partial charge is 0.372 e. The summed E-state index contributed by atoms with van der Waals surface area (Å²) in [6.45, 7) is 0. The van der Waals surface area contributed by atoms with Gasteiger partial charge in [0.2, 0.25) is 5.76 Å². The van der Waals surface area contributed by atoms with E-state index in [1.54, 1.807) is 24.3 Å². The van der Waals surface area contributed by atoms with Gasteiger partial charge in [0.05, 0.1) is 6.08 Å². The molecule has 2 aromatic rings. The molecule has 0 aliphatic heterocycles. The van der Waals surface area contributed by atoms with Crippen LogP contribution in [0.5, 0.6) is 5.75 Å². The Bertz CT molecular complexity index is 667. The van der Waals surface area contributed by atoms with Gasteiger partial charge in [0.25, 0.3) is 0 Å². The summed E-state index contributed by atoms with van der Waals surface area (Å²) < 4.78 is 5.18. The van der Waals surface area contributed by atoms with E-state index in [1.807, 2.05) is 18.2 Å². The lowest BCUT2D eigenvalue weighted by atomic mass is 10.1. The van der Waals surface area contributed by atoms with Crippen LogP contribution < -0.4 is 4.74 Å². The molecular formula is C14H10O5. The van der Waals surface area contributed by atoms with E-state index in [9.17, 15) is 9.59 Å². The van der Waals surface area contributed by atoms with Gasteiger partial charge < -0.3 is 14.9 Å². The number of fused-ring (bicyclic) bond motifs is 1. The number of carboxylic acids is 2. The zero-order valence-electron chi connectivity index (χ0n) is 9.74. The van der Waals surface area contributed by atoms with Crippen molar-refractivity contribution in [3.05, 3.63) is 54.3 Å². The molecule has 0 aromatic heterocycles. The van der Waals surface area contributed by atoms with Crippen molar-refractivity contribution in [2.24, 2.45) is 0 Å². The van der Waals surface area contributed by atoms with Crippen molar-refractivity contribution in [3.63, 3.8) is 0 Å². The van der Waals surface area contributed by atoms with Crippen molar-refractivity contribution in [1.82, 2.24) is 0 Å². The van der Waals surface area contributed by atoms with Crippen LogP contribution >= 0.6 is 0 Å². The first-order valence-corrected chi connectivity index (χ1v) is 5.41. The van der Waals surface area contributed by atoms with Crippen molar-refractivity contribution in [1.29, 1.82) is 0 Å². The molecule has 0 saturated carbocycles. The van der Waals surface area contributed by atoms with Gasteiger partial charge in [-0.15, -0.1) is 0 Å². The average molecular weight is 258 g/mol. The summed E-state index contributed by atoms with van der Waals surface area (Å²) in [5.74, 6) is -3.15. The first-order valence-electron chi connectivity index (χ1n) is 5.41. The maximum Gasteiger partial charge on any atom is 0.372 e. The van der Waals surface area contributed by atoms with Gasteiger partial charge >= 0.3 is 11.9 Å². The number of carboxylic acid groups (broad SMARTS) is 2. The van der Waals surface area contributed by atoms with Crippen molar-refractivity contribution in [3.8, 4) is 5.75 Å². The molecule has 19 heavy (non-hydrogen) atoms. The lowest BCUT2D eigenvalue weighted by Crippen LogP contribution is -2.10. The highest BCUT2D eigenvalue weighted by Crippen LogP contribution is 2.26. The normalized spacial score (nSPS) is 11.3. The highest BCUT2D eigenvalue weighted by molar-refractivity contribution is 5.94. The quantitative estimate of drug-likeness (QED) is 0.649. The molecule has 0 bridgehead atoms. The molecule has 0 spiro atoms. The third kappa shape index (κ3) is 2.90. The van der Waals surface area contributed by atoms with E-state index >= 15 is 0 Å². The van der Waals surface area contributed by atoms with Crippen LogP contribution in [0.15, 0.2) is 54.3 Å². The Labute approximate surface area is 108 Å². The van der Waals surface area contributed by atoms with E-state index in [2.05, 4.69) is 0 Å². The van der Waals surface area contributed by atoms with Crippen LogP contribution in [0, 0.1) is 0 Å². The molecule has 2 aromatic carbocycles. The minimum atomic E-state index is -1.43. The lowest BCUT2D eigenvalue weighted by molar-refractivity contribution is -0.137. The average Bonchev–Trinajstić information content (AvgIpc) is 2.37. The zero-order valence-corrected chi connectivity index (χ0v) is 9.74. The second-order valence-corrected chi connectivity index (χ2v) is 3.73. The molecule has 0 aliphatic rings. The Balaban J connectivity index is 2.45. The standard InChI is InChI=1S/C14H10O5/c15-13(16)8-12(14(17)18)19-11-7-3-5-9-4-1-2-6-10(9)11/h1-8H,(H,15,16)(H,17,18)/b12-8+. The summed E-state index contributed by atoms with van der Waals surface area (Å²) >= 11 is 0. The van der Waals surface area contributed by atoms with E-state index in [-0.39, 0.29) is 0 Å². The molecule has 0 aliphatic carbocycles. The van der Waals surface area contributed by atoms with Gasteiger partial charge in [-0.3, -0.25) is 0 Å². The van der Waals surface area contributed by atoms with Crippen LogP contribution in [0.2, 0.25) is 0 Å². The number of carbonyl (C=O) groups is 2. The molecule has 2 rings (SSSR count). The van der Waals surface area contributed by atoms with Gasteiger partial charge in [-0.2, -0.15) is 0 Å². The molecule has 0 atom stereocenters. The fraction of sp³-hybridized carbons (Fsp3) is 0. The molecule has 0 saturated heterocycles. The maximum absolute atomic E-state index is 10.9. The molecule has 96 valence electrons. The molecule has 0 radical (unpaired) electrons. The fourth-order valence-electron chi connectivity index (χ4n) is 1.65. The second-order valence-electron chi connectivity index (χ2n) is 3.73. The highest BCUT2D eigenvalue weighted by Gasteiger charge is 2.13. The topological polar surface area (TPSA) is 83.8 Å². The van der Waals surface area contributed by atoms with Crippen LogP contribution in [0.3, 0.4) is 0 Å². The SMILES string of the molecule is O=C(O)/C=C(/Oc1cccc2ccccc12)C(=O)O. The van der Waals surface area contributed by atoms with Crippen LogP contribution in [0.1, 0.15) is 0 Å². The van der Waals surface area contributed by atoms with Gasteiger partial charge in [0, 0.05) is 5.39 Å². The van der Waals surface area contributed by atoms with Crippen molar-refractivity contribution in [2.45, 2.75) is 0 Å². The molecule has 0 amide bonds.